The quantitative estimate of drug-likeness (QED) is 0.315. The molecule has 166 valence electrons. The number of rotatable bonds is 7. The van der Waals surface area contributed by atoms with E-state index in [0.29, 0.717) is 12.6 Å². The highest BCUT2D eigenvalue weighted by atomic mass is 127. The molecule has 1 aliphatic rings. The highest BCUT2D eigenvalue weighted by Crippen LogP contribution is 2.17. The number of nitrogens with one attached hydrogen (secondary N) is 2. The van der Waals surface area contributed by atoms with Crippen LogP contribution in [0, 0.1) is 6.92 Å². The number of thiophene rings is 1. The predicted octanol–water partition coefficient (Wildman–Crippen LogP) is 3.98. The Hall–Kier alpha value is -1.39. The van der Waals surface area contributed by atoms with E-state index in [9.17, 15) is 0 Å². The molecule has 1 aliphatic heterocycles. The number of aliphatic imine (C=N–C) groups is 1. The predicted molar refractivity (Wildman–Crippen MR) is 137 cm³/mol. The molecule has 0 amide bonds. The molecule has 1 fully saturated rings. The largest absolute Gasteiger partial charge is 0.375 e. The Morgan fingerprint density at radius 2 is 2.20 bits per heavy atom. The van der Waals surface area contributed by atoms with Crippen LogP contribution in [0.3, 0.4) is 0 Å². The van der Waals surface area contributed by atoms with Crippen molar-refractivity contribution in [2.24, 2.45) is 4.99 Å². The number of pyridine rings is 1. The molecule has 3 heterocycles. The summed E-state index contributed by atoms with van der Waals surface area (Å²) < 4.78 is 5.61. The molecule has 0 radical (unpaired) electrons. The van der Waals surface area contributed by atoms with Crippen LogP contribution in [0.1, 0.15) is 36.1 Å². The van der Waals surface area contributed by atoms with Gasteiger partial charge >= 0.3 is 0 Å². The molecule has 2 aromatic heterocycles. The minimum absolute atomic E-state index is 0. The Labute approximate surface area is 201 Å². The highest BCUT2D eigenvalue weighted by Gasteiger charge is 2.17. The van der Waals surface area contributed by atoms with E-state index in [1.165, 1.54) is 9.75 Å². The maximum absolute atomic E-state index is 5.61. The van der Waals surface area contributed by atoms with Gasteiger partial charge in [0.05, 0.1) is 19.3 Å². The van der Waals surface area contributed by atoms with E-state index in [1.807, 2.05) is 17.5 Å². The van der Waals surface area contributed by atoms with Gasteiger partial charge in [0.15, 0.2) is 5.96 Å². The Balaban J connectivity index is 0.00000320. The lowest BCUT2D eigenvalue weighted by Gasteiger charge is -2.32. The molecule has 0 aromatic carbocycles. The first-order chi connectivity index (χ1) is 14.0. The van der Waals surface area contributed by atoms with Crippen molar-refractivity contribution in [3.05, 3.63) is 45.8 Å². The molecule has 3 rings (SSSR count). The minimum Gasteiger partial charge on any atom is -0.375 e. The van der Waals surface area contributed by atoms with Crippen molar-refractivity contribution in [2.75, 3.05) is 31.1 Å². The van der Waals surface area contributed by atoms with Crippen molar-refractivity contribution in [1.82, 2.24) is 15.6 Å². The van der Waals surface area contributed by atoms with Gasteiger partial charge in [-0.25, -0.2) is 9.98 Å². The molecule has 0 spiro atoms. The zero-order valence-corrected chi connectivity index (χ0v) is 21.5. The standard InChI is InChI=1S/C22H33N5OS.HI/c1-5-23-22(26-16(2)12-20-8-6-18(4)29-20)25-14-19-7-9-21(24-13-19)27-10-11-28-17(3)15-27;/h6-9,13,16-17H,5,10-12,14-15H2,1-4H3,(H2,23,25,26);1H. The van der Waals surface area contributed by atoms with Gasteiger partial charge < -0.3 is 20.3 Å². The lowest BCUT2D eigenvalue weighted by atomic mass is 10.2. The van der Waals surface area contributed by atoms with Gasteiger partial charge in [-0.1, -0.05) is 6.07 Å². The average molecular weight is 544 g/mol. The van der Waals surface area contributed by atoms with Crippen molar-refractivity contribution >= 4 is 47.1 Å². The van der Waals surface area contributed by atoms with Gasteiger partial charge in [-0.2, -0.15) is 0 Å². The second-order valence-corrected chi connectivity index (χ2v) is 8.98. The van der Waals surface area contributed by atoms with Crippen molar-refractivity contribution in [3.63, 3.8) is 0 Å². The van der Waals surface area contributed by atoms with E-state index in [0.717, 1.165) is 50.0 Å². The van der Waals surface area contributed by atoms with Gasteiger partial charge in [-0.05, 0) is 51.5 Å². The monoisotopic (exact) mass is 543 g/mol. The van der Waals surface area contributed by atoms with Gasteiger partial charge in [-0.15, -0.1) is 35.3 Å². The fraction of sp³-hybridized carbons (Fsp3) is 0.545. The van der Waals surface area contributed by atoms with E-state index in [4.69, 9.17) is 9.73 Å². The third-order valence-electron chi connectivity index (χ3n) is 4.82. The second kappa shape index (κ2) is 12.5. The number of nitrogens with zero attached hydrogens (tertiary/aromatic N) is 3. The van der Waals surface area contributed by atoms with E-state index in [-0.39, 0.29) is 30.1 Å². The Bertz CT molecular complexity index is 795. The first kappa shape index (κ1) is 24.9. The Kier molecular flexibility index (Phi) is 10.3. The van der Waals surface area contributed by atoms with Crippen molar-refractivity contribution in [1.29, 1.82) is 0 Å². The van der Waals surface area contributed by atoms with E-state index in [1.54, 1.807) is 0 Å². The number of hydrogen-bond acceptors (Lipinski definition) is 5. The molecule has 30 heavy (non-hydrogen) atoms. The van der Waals surface area contributed by atoms with Crippen LogP contribution in [-0.4, -0.2) is 49.3 Å². The highest BCUT2D eigenvalue weighted by molar-refractivity contribution is 14.0. The Morgan fingerprint density at radius 1 is 1.37 bits per heavy atom. The maximum atomic E-state index is 5.61. The SMILES string of the molecule is CCNC(=NCc1ccc(N2CCOC(C)C2)nc1)NC(C)Cc1ccc(C)s1.I. The molecule has 2 aromatic rings. The fourth-order valence-electron chi connectivity index (χ4n) is 3.40. The third kappa shape index (κ3) is 7.70. The summed E-state index contributed by atoms with van der Waals surface area (Å²) in [6.07, 6.45) is 3.18. The Morgan fingerprint density at radius 3 is 2.83 bits per heavy atom. The maximum Gasteiger partial charge on any atom is 0.191 e. The zero-order chi connectivity index (χ0) is 20.6. The van der Waals surface area contributed by atoms with E-state index in [2.05, 4.69) is 72.5 Å². The number of hydrogen-bond donors (Lipinski definition) is 2. The summed E-state index contributed by atoms with van der Waals surface area (Å²) >= 11 is 1.86. The van der Waals surface area contributed by atoms with Crippen LogP contribution in [0.25, 0.3) is 0 Å². The lowest BCUT2D eigenvalue weighted by Crippen LogP contribution is -2.43. The molecule has 0 aliphatic carbocycles. The molecule has 2 N–H and O–H groups in total. The summed E-state index contributed by atoms with van der Waals surface area (Å²) in [6, 6.07) is 8.92. The first-order valence-electron chi connectivity index (χ1n) is 10.4. The molecule has 1 saturated heterocycles. The molecule has 2 unspecified atom stereocenters. The van der Waals surface area contributed by atoms with Crippen LogP contribution in [0.5, 0.6) is 0 Å². The molecular weight excluding hydrogens is 509 g/mol. The average Bonchev–Trinajstić information content (AvgIpc) is 3.11. The van der Waals surface area contributed by atoms with E-state index >= 15 is 0 Å². The molecule has 8 heteroatoms. The van der Waals surface area contributed by atoms with Gasteiger partial charge in [0, 0.05) is 48.0 Å². The van der Waals surface area contributed by atoms with Gasteiger partial charge in [-0.3, -0.25) is 0 Å². The molecular formula is C22H34IN5OS. The second-order valence-electron chi connectivity index (χ2n) is 7.61. The van der Waals surface area contributed by atoms with Crippen LogP contribution in [0.2, 0.25) is 0 Å². The first-order valence-corrected chi connectivity index (χ1v) is 11.3. The summed E-state index contributed by atoms with van der Waals surface area (Å²) in [6.45, 7) is 12.5. The number of morpholine rings is 1. The molecule has 0 saturated carbocycles. The number of aromatic nitrogens is 1. The normalized spacial score (nSPS) is 17.9. The van der Waals surface area contributed by atoms with Crippen LogP contribution in [0.4, 0.5) is 5.82 Å². The van der Waals surface area contributed by atoms with Gasteiger partial charge in [0.2, 0.25) is 0 Å². The molecule has 2 atom stereocenters. The van der Waals surface area contributed by atoms with Crippen LogP contribution in [-0.2, 0) is 17.7 Å². The fourth-order valence-corrected chi connectivity index (χ4v) is 4.41. The lowest BCUT2D eigenvalue weighted by molar-refractivity contribution is 0.0529. The summed E-state index contributed by atoms with van der Waals surface area (Å²) in [5.41, 5.74) is 1.11. The van der Waals surface area contributed by atoms with Crippen LogP contribution < -0.4 is 15.5 Å². The zero-order valence-electron chi connectivity index (χ0n) is 18.4. The molecule has 0 bridgehead atoms. The van der Waals surface area contributed by atoms with Crippen LogP contribution in [0.15, 0.2) is 35.5 Å². The number of anilines is 1. The van der Waals surface area contributed by atoms with Crippen LogP contribution >= 0.6 is 35.3 Å². The summed E-state index contributed by atoms with van der Waals surface area (Å²) in [4.78, 5) is 14.4. The van der Waals surface area contributed by atoms with Crippen molar-refractivity contribution < 1.29 is 4.74 Å². The smallest absolute Gasteiger partial charge is 0.191 e. The third-order valence-corrected chi connectivity index (χ3v) is 5.85. The van der Waals surface area contributed by atoms with E-state index < -0.39 is 0 Å². The topological polar surface area (TPSA) is 61.8 Å². The number of aryl methyl sites for hydroxylation is 1. The number of ether oxygens (including phenoxy) is 1. The van der Waals surface area contributed by atoms with Gasteiger partial charge in [0.25, 0.3) is 0 Å². The molecule has 6 nitrogen and oxygen atoms in total. The summed E-state index contributed by atoms with van der Waals surface area (Å²) in [5.74, 6) is 1.86. The van der Waals surface area contributed by atoms with Crippen molar-refractivity contribution in [3.8, 4) is 0 Å². The minimum atomic E-state index is 0. The summed E-state index contributed by atoms with van der Waals surface area (Å²) in [5, 5.41) is 6.86. The summed E-state index contributed by atoms with van der Waals surface area (Å²) in [7, 11) is 0. The number of guanidine groups is 1. The van der Waals surface area contributed by atoms with Gasteiger partial charge in [0.1, 0.15) is 5.82 Å². The number of halogens is 1. The van der Waals surface area contributed by atoms with Crippen molar-refractivity contribution in [2.45, 2.75) is 52.8 Å².